The molecule has 0 fully saturated rings. The minimum absolute atomic E-state index is 0.600. The number of hydrogen-bond acceptors (Lipinski definition) is 5. The van der Waals surface area contributed by atoms with Crippen LogP contribution in [0.2, 0.25) is 0 Å². The molecule has 0 unspecified atom stereocenters. The van der Waals surface area contributed by atoms with Crippen molar-refractivity contribution in [2.45, 2.75) is 13.5 Å². The smallest absolute Gasteiger partial charge is 0.208 e. The van der Waals surface area contributed by atoms with E-state index in [0.29, 0.717) is 19.0 Å². The summed E-state index contributed by atoms with van der Waals surface area (Å²) < 4.78 is 12.4. The van der Waals surface area contributed by atoms with Gasteiger partial charge >= 0.3 is 0 Å². The summed E-state index contributed by atoms with van der Waals surface area (Å²) in [6.45, 7) is 4.01. The Hall–Kier alpha value is -1.66. The third kappa shape index (κ3) is 2.96. The van der Waals surface area contributed by atoms with Crippen LogP contribution in [-0.4, -0.2) is 35.0 Å². The quantitative estimate of drug-likeness (QED) is 0.778. The van der Waals surface area contributed by atoms with Crippen LogP contribution >= 0.6 is 0 Å². The molecule has 0 radical (unpaired) electrons. The fraction of sp³-hybridized carbons (Fsp3) is 0.500. The first-order valence-corrected chi connectivity index (χ1v) is 5.85. The van der Waals surface area contributed by atoms with Crippen LogP contribution in [0, 0.1) is 6.92 Å². The molecule has 0 bridgehead atoms. The Labute approximate surface area is 106 Å². The molecule has 0 aliphatic rings. The van der Waals surface area contributed by atoms with Gasteiger partial charge in [0.05, 0.1) is 30.6 Å². The maximum Gasteiger partial charge on any atom is 0.208 e. The highest BCUT2D eigenvalue weighted by molar-refractivity contribution is 5.58. The molecule has 2 heterocycles. The Morgan fingerprint density at radius 3 is 3.00 bits per heavy atom. The van der Waals surface area contributed by atoms with E-state index >= 15 is 0 Å². The standard InChI is InChI=1S/C12H18N4O2/c1-9-10(8-16(2)15-9)11-6-14-12(18-11)7-13-4-5-17-3/h6,8,13H,4-5,7H2,1-3H3. The summed E-state index contributed by atoms with van der Waals surface area (Å²) in [6, 6.07) is 0. The normalized spacial score (nSPS) is 11.1. The number of nitrogens with one attached hydrogen (secondary N) is 1. The number of ether oxygens (including phenoxy) is 1. The number of hydrogen-bond donors (Lipinski definition) is 1. The van der Waals surface area contributed by atoms with Gasteiger partial charge in [0.25, 0.3) is 0 Å². The average molecular weight is 250 g/mol. The van der Waals surface area contributed by atoms with Crippen molar-refractivity contribution in [2.24, 2.45) is 7.05 Å². The molecule has 0 atom stereocenters. The van der Waals surface area contributed by atoms with Gasteiger partial charge in [0, 0.05) is 26.9 Å². The van der Waals surface area contributed by atoms with Crippen LogP contribution in [0.25, 0.3) is 11.3 Å². The van der Waals surface area contributed by atoms with Crippen molar-refractivity contribution >= 4 is 0 Å². The minimum atomic E-state index is 0.600. The van der Waals surface area contributed by atoms with Crippen LogP contribution in [-0.2, 0) is 18.3 Å². The van der Waals surface area contributed by atoms with Crippen molar-refractivity contribution in [3.05, 3.63) is 24.0 Å². The van der Waals surface area contributed by atoms with Gasteiger partial charge < -0.3 is 14.5 Å². The second-order valence-electron chi connectivity index (χ2n) is 4.09. The predicted molar refractivity (Wildman–Crippen MR) is 67.0 cm³/mol. The Morgan fingerprint density at radius 2 is 2.33 bits per heavy atom. The molecule has 6 heteroatoms. The Balaban J connectivity index is 1.99. The highest BCUT2D eigenvalue weighted by atomic mass is 16.5. The number of aryl methyl sites for hydroxylation is 2. The van der Waals surface area contributed by atoms with Crippen LogP contribution in [0.15, 0.2) is 16.8 Å². The first-order valence-electron chi connectivity index (χ1n) is 5.85. The van der Waals surface area contributed by atoms with E-state index in [0.717, 1.165) is 23.6 Å². The van der Waals surface area contributed by atoms with E-state index in [4.69, 9.17) is 9.15 Å². The monoisotopic (exact) mass is 250 g/mol. The van der Waals surface area contributed by atoms with Crippen molar-refractivity contribution in [1.29, 1.82) is 0 Å². The molecule has 0 saturated heterocycles. The summed E-state index contributed by atoms with van der Waals surface area (Å²) in [5, 5.41) is 7.47. The number of rotatable bonds is 6. The lowest BCUT2D eigenvalue weighted by Crippen LogP contribution is -2.18. The maximum absolute atomic E-state index is 5.68. The molecule has 6 nitrogen and oxygen atoms in total. The van der Waals surface area contributed by atoms with Crippen molar-refractivity contribution in [3.8, 4) is 11.3 Å². The Kier molecular flexibility index (Phi) is 4.11. The zero-order chi connectivity index (χ0) is 13.0. The molecule has 0 saturated carbocycles. The van der Waals surface area contributed by atoms with E-state index < -0.39 is 0 Å². The van der Waals surface area contributed by atoms with Crippen molar-refractivity contribution < 1.29 is 9.15 Å². The molecule has 2 rings (SSSR count). The van der Waals surface area contributed by atoms with E-state index in [1.54, 1.807) is 18.0 Å². The molecule has 0 amide bonds. The zero-order valence-electron chi connectivity index (χ0n) is 10.9. The molecular formula is C12H18N4O2. The first kappa shape index (κ1) is 12.8. The van der Waals surface area contributed by atoms with Crippen molar-refractivity contribution in [3.63, 3.8) is 0 Å². The Bertz CT molecular complexity index is 504. The van der Waals surface area contributed by atoms with Gasteiger partial charge in [-0.2, -0.15) is 5.10 Å². The van der Waals surface area contributed by atoms with Crippen LogP contribution in [0.4, 0.5) is 0 Å². The van der Waals surface area contributed by atoms with Gasteiger partial charge in [0.1, 0.15) is 0 Å². The van der Waals surface area contributed by atoms with Crippen LogP contribution < -0.4 is 5.32 Å². The van der Waals surface area contributed by atoms with Gasteiger partial charge in [-0.3, -0.25) is 4.68 Å². The van der Waals surface area contributed by atoms with E-state index in [1.807, 2.05) is 20.2 Å². The number of oxazole rings is 1. The highest BCUT2D eigenvalue weighted by Gasteiger charge is 2.11. The minimum Gasteiger partial charge on any atom is -0.439 e. The fourth-order valence-corrected chi connectivity index (χ4v) is 1.73. The summed E-state index contributed by atoms with van der Waals surface area (Å²) in [5.74, 6) is 1.42. The lowest BCUT2D eigenvalue weighted by Gasteiger charge is -1.99. The number of methoxy groups -OCH3 is 1. The second kappa shape index (κ2) is 5.79. The zero-order valence-corrected chi connectivity index (χ0v) is 10.9. The summed E-state index contributed by atoms with van der Waals surface area (Å²) in [7, 11) is 3.57. The van der Waals surface area contributed by atoms with Crippen molar-refractivity contribution in [2.75, 3.05) is 20.3 Å². The predicted octanol–water partition coefficient (Wildman–Crippen LogP) is 1.12. The maximum atomic E-state index is 5.68. The molecule has 1 N–H and O–H groups in total. The summed E-state index contributed by atoms with van der Waals surface area (Å²) in [6.07, 6.45) is 3.66. The highest BCUT2D eigenvalue weighted by Crippen LogP contribution is 2.22. The molecule has 0 aromatic carbocycles. The van der Waals surface area contributed by atoms with Gasteiger partial charge in [0.15, 0.2) is 5.76 Å². The summed E-state index contributed by atoms with van der Waals surface area (Å²) in [5.41, 5.74) is 1.92. The lowest BCUT2D eigenvalue weighted by atomic mass is 10.2. The molecule has 18 heavy (non-hydrogen) atoms. The number of nitrogens with zero attached hydrogens (tertiary/aromatic N) is 3. The van der Waals surface area contributed by atoms with Gasteiger partial charge in [-0.1, -0.05) is 0 Å². The van der Waals surface area contributed by atoms with E-state index in [-0.39, 0.29) is 0 Å². The summed E-state index contributed by atoms with van der Waals surface area (Å²) >= 11 is 0. The third-order valence-corrected chi connectivity index (χ3v) is 2.59. The lowest BCUT2D eigenvalue weighted by molar-refractivity contribution is 0.198. The molecule has 2 aromatic rings. The molecular weight excluding hydrogens is 232 g/mol. The first-order chi connectivity index (χ1) is 8.70. The van der Waals surface area contributed by atoms with Gasteiger partial charge in [-0.25, -0.2) is 4.98 Å². The van der Waals surface area contributed by atoms with Gasteiger partial charge in [-0.15, -0.1) is 0 Å². The molecule has 0 aliphatic carbocycles. The summed E-state index contributed by atoms with van der Waals surface area (Å²) in [4.78, 5) is 4.23. The fourth-order valence-electron chi connectivity index (χ4n) is 1.73. The van der Waals surface area contributed by atoms with Gasteiger partial charge in [-0.05, 0) is 6.92 Å². The largest absolute Gasteiger partial charge is 0.439 e. The van der Waals surface area contributed by atoms with Crippen LogP contribution in [0.3, 0.4) is 0 Å². The van der Waals surface area contributed by atoms with E-state index in [1.165, 1.54) is 0 Å². The van der Waals surface area contributed by atoms with Crippen LogP contribution in [0.1, 0.15) is 11.6 Å². The average Bonchev–Trinajstić information content (AvgIpc) is 2.91. The second-order valence-corrected chi connectivity index (χ2v) is 4.09. The third-order valence-electron chi connectivity index (χ3n) is 2.59. The van der Waals surface area contributed by atoms with E-state index in [9.17, 15) is 0 Å². The van der Waals surface area contributed by atoms with Crippen molar-refractivity contribution in [1.82, 2.24) is 20.1 Å². The molecule has 2 aromatic heterocycles. The SMILES string of the molecule is COCCNCc1ncc(-c2cn(C)nc2C)o1. The van der Waals surface area contributed by atoms with E-state index in [2.05, 4.69) is 15.4 Å². The molecule has 98 valence electrons. The molecule has 0 spiro atoms. The van der Waals surface area contributed by atoms with Gasteiger partial charge in [0.2, 0.25) is 5.89 Å². The topological polar surface area (TPSA) is 65.1 Å². The Morgan fingerprint density at radius 1 is 1.50 bits per heavy atom. The molecule has 0 aliphatic heterocycles. The number of aromatic nitrogens is 3. The van der Waals surface area contributed by atoms with Crippen LogP contribution in [0.5, 0.6) is 0 Å².